The van der Waals surface area contributed by atoms with E-state index in [1.54, 1.807) is 37.3 Å². The Labute approximate surface area is 158 Å². The van der Waals surface area contributed by atoms with Gasteiger partial charge in [0.05, 0.1) is 20.6 Å². The van der Waals surface area contributed by atoms with Crippen LogP contribution in [0.15, 0.2) is 36.5 Å². The number of amides is 2. The smallest absolute Gasteiger partial charge is 0.254 e. The molecule has 27 heavy (non-hydrogen) atoms. The van der Waals surface area contributed by atoms with Crippen LogP contribution in [0.5, 0.6) is 11.5 Å². The second kappa shape index (κ2) is 8.62. The molecule has 0 aliphatic carbocycles. The van der Waals surface area contributed by atoms with Crippen molar-refractivity contribution >= 4 is 11.8 Å². The molecule has 144 valence electrons. The first-order chi connectivity index (χ1) is 13.1. The lowest BCUT2D eigenvalue weighted by Gasteiger charge is -2.22. The molecular formula is C20H25N3O4. The number of nitrogens with one attached hydrogen (secondary N) is 1. The lowest BCUT2D eigenvalue weighted by atomic mass is 10.1. The van der Waals surface area contributed by atoms with Crippen LogP contribution in [0.3, 0.4) is 0 Å². The Bertz CT molecular complexity index is 789. The molecule has 1 saturated heterocycles. The molecule has 0 bridgehead atoms. The fourth-order valence-electron chi connectivity index (χ4n) is 3.27. The van der Waals surface area contributed by atoms with Crippen molar-refractivity contribution in [2.75, 3.05) is 40.4 Å². The van der Waals surface area contributed by atoms with Crippen LogP contribution in [0.1, 0.15) is 22.5 Å². The molecule has 0 radical (unpaired) electrons. The van der Waals surface area contributed by atoms with Gasteiger partial charge in [0.2, 0.25) is 5.91 Å². The summed E-state index contributed by atoms with van der Waals surface area (Å²) in [4.78, 5) is 32.1. The van der Waals surface area contributed by atoms with Gasteiger partial charge in [-0.15, -0.1) is 0 Å². The Morgan fingerprint density at radius 1 is 1.00 bits per heavy atom. The molecule has 1 N–H and O–H groups in total. The van der Waals surface area contributed by atoms with E-state index in [4.69, 9.17) is 9.47 Å². The van der Waals surface area contributed by atoms with Crippen molar-refractivity contribution < 1.29 is 19.1 Å². The van der Waals surface area contributed by atoms with Crippen LogP contribution < -0.4 is 9.47 Å². The van der Waals surface area contributed by atoms with Gasteiger partial charge in [-0.05, 0) is 36.8 Å². The normalized spacial score (nSPS) is 14.6. The molecule has 0 spiro atoms. The predicted molar refractivity (Wildman–Crippen MR) is 101 cm³/mol. The monoisotopic (exact) mass is 371 g/mol. The van der Waals surface area contributed by atoms with Gasteiger partial charge < -0.3 is 24.3 Å². The number of aromatic nitrogens is 1. The molecule has 0 saturated carbocycles. The molecule has 1 fully saturated rings. The SMILES string of the molecule is COc1ccc(C(=O)N2CCCN(C(=O)Cc3ccc[nH]3)CC2)cc1OC. The van der Waals surface area contributed by atoms with E-state index in [9.17, 15) is 9.59 Å². The minimum absolute atomic E-state index is 0.0605. The van der Waals surface area contributed by atoms with Gasteiger partial charge in [-0.3, -0.25) is 9.59 Å². The zero-order valence-corrected chi connectivity index (χ0v) is 15.7. The second-order valence-corrected chi connectivity index (χ2v) is 6.47. The van der Waals surface area contributed by atoms with E-state index in [0.29, 0.717) is 49.7 Å². The standard InChI is InChI=1S/C20H25N3O4/c1-26-17-7-6-15(13-18(17)27-2)20(25)23-10-4-9-22(11-12-23)19(24)14-16-5-3-8-21-16/h3,5-8,13,21H,4,9-12,14H2,1-2H3. The zero-order chi connectivity index (χ0) is 19.2. The molecule has 7 heteroatoms. The van der Waals surface area contributed by atoms with Crippen LogP contribution in [0.2, 0.25) is 0 Å². The fraction of sp³-hybridized carbons (Fsp3) is 0.400. The summed E-state index contributed by atoms with van der Waals surface area (Å²) in [5.74, 6) is 1.14. The van der Waals surface area contributed by atoms with Crippen molar-refractivity contribution in [3.05, 3.63) is 47.8 Å². The number of aromatic amines is 1. The van der Waals surface area contributed by atoms with Crippen molar-refractivity contribution in [2.45, 2.75) is 12.8 Å². The maximum atomic E-state index is 12.9. The number of benzene rings is 1. The number of rotatable bonds is 5. The highest BCUT2D eigenvalue weighted by atomic mass is 16.5. The van der Waals surface area contributed by atoms with Gasteiger partial charge in [0.25, 0.3) is 5.91 Å². The van der Waals surface area contributed by atoms with Crippen LogP contribution in [-0.4, -0.2) is 67.0 Å². The van der Waals surface area contributed by atoms with Crippen molar-refractivity contribution in [1.82, 2.24) is 14.8 Å². The third-order valence-corrected chi connectivity index (χ3v) is 4.77. The average molecular weight is 371 g/mol. The van der Waals surface area contributed by atoms with Gasteiger partial charge >= 0.3 is 0 Å². The number of ether oxygens (including phenoxy) is 2. The van der Waals surface area contributed by atoms with E-state index in [1.165, 1.54) is 0 Å². The van der Waals surface area contributed by atoms with E-state index in [1.807, 2.05) is 23.2 Å². The molecule has 2 heterocycles. The lowest BCUT2D eigenvalue weighted by molar-refractivity contribution is -0.130. The largest absolute Gasteiger partial charge is 0.493 e. The van der Waals surface area contributed by atoms with Crippen molar-refractivity contribution in [3.63, 3.8) is 0 Å². The van der Waals surface area contributed by atoms with Crippen LogP contribution in [0, 0.1) is 0 Å². The van der Waals surface area contributed by atoms with Gasteiger partial charge in [-0.2, -0.15) is 0 Å². The van der Waals surface area contributed by atoms with Crippen molar-refractivity contribution in [3.8, 4) is 11.5 Å². The van der Waals surface area contributed by atoms with Gasteiger partial charge in [0.15, 0.2) is 11.5 Å². The minimum Gasteiger partial charge on any atom is -0.493 e. The van der Waals surface area contributed by atoms with Gasteiger partial charge in [-0.25, -0.2) is 0 Å². The Morgan fingerprint density at radius 3 is 2.44 bits per heavy atom. The minimum atomic E-state index is -0.0605. The van der Waals surface area contributed by atoms with Crippen molar-refractivity contribution in [1.29, 1.82) is 0 Å². The van der Waals surface area contributed by atoms with Gasteiger partial charge in [0.1, 0.15) is 0 Å². The summed E-state index contributed by atoms with van der Waals surface area (Å²) in [6.07, 6.45) is 2.93. The third kappa shape index (κ3) is 4.42. The Balaban J connectivity index is 1.63. The molecule has 2 aromatic rings. The van der Waals surface area contributed by atoms with Crippen molar-refractivity contribution in [2.24, 2.45) is 0 Å². The second-order valence-electron chi connectivity index (χ2n) is 6.47. The zero-order valence-electron chi connectivity index (χ0n) is 15.7. The predicted octanol–water partition coefficient (Wildman–Crippen LogP) is 1.95. The van der Waals surface area contributed by atoms with Crippen LogP contribution >= 0.6 is 0 Å². The molecule has 3 rings (SSSR count). The number of methoxy groups -OCH3 is 2. The molecule has 0 atom stereocenters. The topological polar surface area (TPSA) is 74.9 Å². The van der Waals surface area contributed by atoms with E-state index >= 15 is 0 Å². The first-order valence-corrected chi connectivity index (χ1v) is 9.03. The van der Waals surface area contributed by atoms with E-state index in [2.05, 4.69) is 4.98 Å². The van der Waals surface area contributed by atoms with Crippen LogP contribution in [-0.2, 0) is 11.2 Å². The van der Waals surface area contributed by atoms with Gasteiger partial charge in [-0.1, -0.05) is 0 Å². The first-order valence-electron chi connectivity index (χ1n) is 9.03. The van der Waals surface area contributed by atoms with E-state index in [0.717, 1.165) is 12.1 Å². The average Bonchev–Trinajstić information content (AvgIpc) is 3.07. The summed E-state index contributed by atoms with van der Waals surface area (Å²) < 4.78 is 10.5. The van der Waals surface area contributed by atoms with Crippen LogP contribution in [0.4, 0.5) is 0 Å². The third-order valence-electron chi connectivity index (χ3n) is 4.77. The molecule has 1 aromatic carbocycles. The molecule has 7 nitrogen and oxygen atoms in total. The summed E-state index contributed by atoms with van der Waals surface area (Å²) in [7, 11) is 3.11. The number of carbonyl (C=O) groups is 2. The summed E-state index contributed by atoms with van der Waals surface area (Å²) >= 11 is 0. The Morgan fingerprint density at radius 2 is 1.74 bits per heavy atom. The number of hydrogen-bond acceptors (Lipinski definition) is 4. The number of H-pyrrole nitrogens is 1. The highest BCUT2D eigenvalue weighted by Gasteiger charge is 2.23. The fourth-order valence-corrected chi connectivity index (χ4v) is 3.27. The highest BCUT2D eigenvalue weighted by Crippen LogP contribution is 2.28. The van der Waals surface area contributed by atoms with Gasteiger partial charge in [0, 0.05) is 43.6 Å². The van der Waals surface area contributed by atoms with E-state index in [-0.39, 0.29) is 11.8 Å². The summed E-state index contributed by atoms with van der Waals surface area (Å²) in [6, 6.07) is 8.95. The molecule has 0 unspecified atom stereocenters. The Hall–Kier alpha value is -2.96. The maximum Gasteiger partial charge on any atom is 0.254 e. The molecule has 2 amide bonds. The summed E-state index contributed by atoms with van der Waals surface area (Å²) in [5.41, 5.74) is 1.46. The lowest BCUT2D eigenvalue weighted by Crippen LogP contribution is -2.38. The molecular weight excluding hydrogens is 346 g/mol. The molecule has 1 aromatic heterocycles. The van der Waals surface area contributed by atoms with E-state index < -0.39 is 0 Å². The Kier molecular flexibility index (Phi) is 6.01. The molecule has 1 aliphatic heterocycles. The first kappa shape index (κ1) is 18.8. The number of hydrogen-bond donors (Lipinski definition) is 1. The summed E-state index contributed by atoms with van der Waals surface area (Å²) in [6.45, 7) is 2.34. The highest BCUT2D eigenvalue weighted by molar-refractivity contribution is 5.95. The summed E-state index contributed by atoms with van der Waals surface area (Å²) in [5, 5.41) is 0. The number of nitrogens with zero attached hydrogens (tertiary/aromatic N) is 2. The maximum absolute atomic E-state index is 12.9. The number of carbonyl (C=O) groups excluding carboxylic acids is 2. The quantitative estimate of drug-likeness (QED) is 0.872. The van der Waals surface area contributed by atoms with Crippen LogP contribution in [0.25, 0.3) is 0 Å². The molecule has 1 aliphatic rings.